The van der Waals surface area contributed by atoms with E-state index in [4.69, 9.17) is 0 Å². The normalized spacial score (nSPS) is 26.9. The van der Waals surface area contributed by atoms with Crippen molar-refractivity contribution < 1.29 is 9.90 Å². The lowest BCUT2D eigenvalue weighted by Crippen LogP contribution is -2.52. The van der Waals surface area contributed by atoms with Crippen LogP contribution in [0.5, 0.6) is 0 Å². The van der Waals surface area contributed by atoms with Crippen LogP contribution in [0, 0.1) is 13.8 Å². The molecule has 3 aromatic rings. The maximum absolute atomic E-state index is 13.3. The van der Waals surface area contributed by atoms with Gasteiger partial charge in [-0.2, -0.15) is 10.2 Å². The molecule has 2 aliphatic rings. The van der Waals surface area contributed by atoms with Crippen molar-refractivity contribution in [1.29, 1.82) is 0 Å². The Morgan fingerprint density at radius 2 is 1.93 bits per heavy atom. The molecule has 2 saturated heterocycles. The van der Waals surface area contributed by atoms with Crippen molar-refractivity contribution in [3.05, 3.63) is 47.2 Å². The fraction of sp³-hybridized carbons (Fsp3) is 0.500. The van der Waals surface area contributed by atoms with E-state index >= 15 is 0 Å². The average Bonchev–Trinajstić information content (AvgIpc) is 3.31. The average molecular weight is 380 g/mol. The number of carbonyl (C=O) groups is 1. The Morgan fingerprint density at radius 1 is 1.21 bits per heavy atom. The number of hydrogen-bond donors (Lipinski definition) is 1. The summed E-state index contributed by atoms with van der Waals surface area (Å²) in [7, 11) is 1.85. The number of amides is 1. The van der Waals surface area contributed by atoms with E-state index < -0.39 is 5.60 Å². The van der Waals surface area contributed by atoms with Gasteiger partial charge in [0.2, 0.25) is 0 Å². The van der Waals surface area contributed by atoms with Gasteiger partial charge in [-0.25, -0.2) is 9.50 Å². The Labute approximate surface area is 162 Å². The summed E-state index contributed by atoms with van der Waals surface area (Å²) in [5.41, 5.74) is 2.85. The number of carbonyl (C=O) groups excluding carboxylic acids is 1. The van der Waals surface area contributed by atoms with Crippen LogP contribution in [-0.4, -0.2) is 52.4 Å². The number of fused-ring (bicyclic) bond motifs is 3. The molecular weight excluding hydrogens is 356 g/mol. The van der Waals surface area contributed by atoms with Gasteiger partial charge in [0.05, 0.1) is 5.69 Å². The van der Waals surface area contributed by atoms with E-state index in [-0.39, 0.29) is 18.0 Å². The van der Waals surface area contributed by atoms with Crippen LogP contribution in [-0.2, 0) is 12.6 Å². The van der Waals surface area contributed by atoms with E-state index in [0.29, 0.717) is 24.2 Å². The van der Waals surface area contributed by atoms with Crippen LogP contribution < -0.4 is 0 Å². The molecule has 0 aromatic carbocycles. The summed E-state index contributed by atoms with van der Waals surface area (Å²) in [6.07, 6.45) is 4.57. The number of rotatable bonds is 2. The highest BCUT2D eigenvalue weighted by molar-refractivity contribution is 5.94. The first kappa shape index (κ1) is 17.4. The Hall–Kier alpha value is -2.74. The molecule has 5 heterocycles. The Balaban J connectivity index is 1.46. The zero-order valence-electron chi connectivity index (χ0n) is 16.3. The standard InChI is InChI=1S/C20H24N6O2/c1-12-8-13(2)26-18(22-12)9-16(23-26)19(27)25-14-4-5-15(25)11-20(28,10-14)17-6-7-21-24(17)3/h6-9,14-15,28H,4-5,10-11H2,1-3H3/t14-,15-/m1/s1. The van der Waals surface area contributed by atoms with E-state index in [1.165, 1.54) is 0 Å². The summed E-state index contributed by atoms with van der Waals surface area (Å²) >= 11 is 0. The first-order chi connectivity index (χ1) is 13.4. The van der Waals surface area contributed by atoms with Crippen LogP contribution in [0.15, 0.2) is 24.4 Å². The molecule has 146 valence electrons. The third-order valence-electron chi connectivity index (χ3n) is 6.25. The molecule has 0 saturated carbocycles. The smallest absolute Gasteiger partial charge is 0.274 e. The second-order valence-electron chi connectivity index (χ2n) is 8.22. The maximum atomic E-state index is 13.3. The highest BCUT2D eigenvalue weighted by Crippen LogP contribution is 2.46. The molecule has 8 heteroatoms. The summed E-state index contributed by atoms with van der Waals surface area (Å²) in [5.74, 6) is -0.0675. The molecule has 1 N–H and O–H groups in total. The summed E-state index contributed by atoms with van der Waals surface area (Å²) in [5, 5.41) is 20.0. The quantitative estimate of drug-likeness (QED) is 0.731. The molecule has 0 unspecified atom stereocenters. The van der Waals surface area contributed by atoms with Gasteiger partial charge in [0.15, 0.2) is 11.3 Å². The predicted octanol–water partition coefficient (Wildman–Crippen LogP) is 1.73. The molecular formula is C20H24N6O2. The van der Waals surface area contributed by atoms with E-state index in [1.54, 1.807) is 21.5 Å². The first-order valence-corrected chi connectivity index (χ1v) is 9.73. The molecule has 2 bridgehead atoms. The van der Waals surface area contributed by atoms with Crippen LogP contribution >= 0.6 is 0 Å². The minimum atomic E-state index is -0.942. The Morgan fingerprint density at radius 3 is 2.57 bits per heavy atom. The second kappa shape index (κ2) is 5.88. The van der Waals surface area contributed by atoms with Crippen LogP contribution in [0.1, 0.15) is 53.3 Å². The lowest BCUT2D eigenvalue weighted by Gasteiger charge is -2.43. The van der Waals surface area contributed by atoms with Crippen molar-refractivity contribution in [2.75, 3.05) is 0 Å². The van der Waals surface area contributed by atoms with Gasteiger partial charge in [0, 0.05) is 55.6 Å². The van der Waals surface area contributed by atoms with E-state index in [0.717, 1.165) is 29.9 Å². The largest absolute Gasteiger partial charge is 0.383 e. The molecule has 0 radical (unpaired) electrons. The summed E-state index contributed by atoms with van der Waals surface area (Å²) in [6, 6.07) is 5.60. The van der Waals surface area contributed by atoms with Gasteiger partial charge in [-0.15, -0.1) is 0 Å². The van der Waals surface area contributed by atoms with Crippen molar-refractivity contribution in [1.82, 2.24) is 29.3 Å². The summed E-state index contributed by atoms with van der Waals surface area (Å²) in [6.45, 7) is 3.90. The van der Waals surface area contributed by atoms with E-state index in [1.807, 2.05) is 37.9 Å². The zero-order chi connectivity index (χ0) is 19.6. The van der Waals surface area contributed by atoms with E-state index in [2.05, 4.69) is 15.2 Å². The monoisotopic (exact) mass is 380 g/mol. The zero-order valence-corrected chi connectivity index (χ0v) is 16.3. The number of aryl methyl sites for hydroxylation is 3. The van der Waals surface area contributed by atoms with Crippen molar-refractivity contribution in [2.24, 2.45) is 7.05 Å². The molecule has 0 spiro atoms. The number of aromatic nitrogens is 5. The summed E-state index contributed by atoms with van der Waals surface area (Å²) in [4.78, 5) is 19.7. The molecule has 28 heavy (non-hydrogen) atoms. The minimum absolute atomic E-state index is 0.00625. The fourth-order valence-electron chi connectivity index (χ4n) is 5.12. The van der Waals surface area contributed by atoms with Gasteiger partial charge in [-0.05, 0) is 38.8 Å². The van der Waals surface area contributed by atoms with Crippen LogP contribution in [0.4, 0.5) is 0 Å². The minimum Gasteiger partial charge on any atom is -0.383 e. The molecule has 3 aromatic heterocycles. The van der Waals surface area contributed by atoms with Gasteiger partial charge >= 0.3 is 0 Å². The maximum Gasteiger partial charge on any atom is 0.274 e. The van der Waals surface area contributed by atoms with Gasteiger partial charge in [-0.1, -0.05) is 0 Å². The van der Waals surface area contributed by atoms with Crippen LogP contribution in [0.3, 0.4) is 0 Å². The molecule has 2 aliphatic heterocycles. The van der Waals surface area contributed by atoms with Crippen molar-refractivity contribution >= 4 is 11.6 Å². The van der Waals surface area contributed by atoms with Crippen LogP contribution in [0.2, 0.25) is 0 Å². The van der Waals surface area contributed by atoms with Crippen molar-refractivity contribution in [3.8, 4) is 0 Å². The summed E-state index contributed by atoms with van der Waals surface area (Å²) < 4.78 is 3.45. The topological polar surface area (TPSA) is 88.5 Å². The molecule has 5 rings (SSSR count). The molecule has 1 amide bonds. The SMILES string of the molecule is Cc1cc(C)n2nc(C(=O)N3[C@@H]4CC[C@@H]3CC(O)(c3ccnn3C)C4)cc2n1. The van der Waals surface area contributed by atoms with Gasteiger partial charge < -0.3 is 10.0 Å². The molecule has 2 fully saturated rings. The van der Waals surface area contributed by atoms with Crippen molar-refractivity contribution in [3.63, 3.8) is 0 Å². The van der Waals surface area contributed by atoms with Crippen LogP contribution in [0.25, 0.3) is 5.65 Å². The highest BCUT2D eigenvalue weighted by atomic mass is 16.3. The lowest BCUT2D eigenvalue weighted by atomic mass is 9.83. The Kier molecular flexibility index (Phi) is 3.64. The molecule has 0 aliphatic carbocycles. The number of nitrogens with zero attached hydrogens (tertiary/aromatic N) is 6. The lowest BCUT2D eigenvalue weighted by molar-refractivity contribution is -0.0531. The van der Waals surface area contributed by atoms with Gasteiger partial charge in [-0.3, -0.25) is 9.48 Å². The predicted molar refractivity (Wildman–Crippen MR) is 102 cm³/mol. The van der Waals surface area contributed by atoms with E-state index in [9.17, 15) is 9.90 Å². The highest BCUT2D eigenvalue weighted by Gasteiger charge is 2.51. The van der Waals surface area contributed by atoms with Crippen molar-refractivity contribution in [2.45, 2.75) is 57.2 Å². The second-order valence-corrected chi connectivity index (χ2v) is 8.22. The number of aliphatic hydroxyl groups is 1. The Bertz CT molecular complexity index is 1070. The van der Waals surface area contributed by atoms with Gasteiger partial charge in [0.1, 0.15) is 5.60 Å². The third kappa shape index (κ3) is 2.47. The first-order valence-electron chi connectivity index (χ1n) is 9.73. The number of hydrogen-bond acceptors (Lipinski definition) is 5. The fourth-order valence-corrected chi connectivity index (χ4v) is 5.12. The van der Waals surface area contributed by atoms with Gasteiger partial charge in [0.25, 0.3) is 5.91 Å². The molecule has 2 atom stereocenters. The number of piperidine rings is 1. The molecule has 8 nitrogen and oxygen atoms in total. The third-order valence-corrected chi connectivity index (χ3v) is 6.25.